The van der Waals surface area contributed by atoms with Crippen molar-refractivity contribution in [1.82, 2.24) is 4.98 Å². The van der Waals surface area contributed by atoms with Crippen LogP contribution in [0.15, 0.2) is 35.5 Å². The van der Waals surface area contributed by atoms with Crippen molar-refractivity contribution in [2.75, 3.05) is 0 Å². The number of aromatic nitrogens is 1. The first-order valence-electron chi connectivity index (χ1n) is 4.36. The molecule has 0 aliphatic carbocycles. The normalized spacial score (nSPS) is 15.6. The van der Waals surface area contributed by atoms with Gasteiger partial charge in [-0.3, -0.25) is 0 Å². The maximum atomic E-state index is 12.5. The Kier molecular flexibility index (Phi) is 4.09. The van der Waals surface area contributed by atoms with E-state index in [1.54, 1.807) is 6.07 Å². The van der Waals surface area contributed by atoms with Gasteiger partial charge in [-0.1, -0.05) is 12.1 Å². The average molecular weight is 296 g/mol. The van der Waals surface area contributed by atoms with Crippen LogP contribution in [0.3, 0.4) is 0 Å². The first-order valence-corrected chi connectivity index (χ1v) is 5.15. The minimum atomic E-state index is -4.54. The highest BCUT2D eigenvalue weighted by Gasteiger charge is 2.43. The molecule has 1 aromatic rings. The van der Waals surface area contributed by atoms with Gasteiger partial charge in [0.15, 0.2) is 0 Å². The van der Waals surface area contributed by atoms with Gasteiger partial charge in [-0.15, -0.1) is 6.58 Å². The van der Waals surface area contributed by atoms with Crippen molar-refractivity contribution in [2.45, 2.75) is 12.3 Å². The van der Waals surface area contributed by atoms with E-state index in [-0.39, 0.29) is 5.69 Å². The molecule has 88 valence electrons. The lowest BCUT2D eigenvalue weighted by Gasteiger charge is -2.21. The van der Waals surface area contributed by atoms with Gasteiger partial charge in [0.2, 0.25) is 0 Å². The van der Waals surface area contributed by atoms with Gasteiger partial charge >= 0.3 is 6.18 Å². The van der Waals surface area contributed by atoms with Gasteiger partial charge in [0.25, 0.3) is 0 Å². The SMILES string of the molecule is C=C[C@H]([C@@H](O)c1cccc(Br)n1)C(F)(F)F. The molecule has 0 aliphatic heterocycles. The summed E-state index contributed by atoms with van der Waals surface area (Å²) in [6, 6.07) is 4.40. The van der Waals surface area contributed by atoms with Gasteiger partial charge in [-0.05, 0) is 28.1 Å². The van der Waals surface area contributed by atoms with Gasteiger partial charge in [-0.2, -0.15) is 13.2 Å². The Morgan fingerprint density at radius 3 is 2.50 bits per heavy atom. The monoisotopic (exact) mass is 295 g/mol. The van der Waals surface area contributed by atoms with Gasteiger partial charge < -0.3 is 5.11 Å². The predicted octanol–water partition coefficient (Wildman–Crippen LogP) is 3.24. The topological polar surface area (TPSA) is 33.1 Å². The molecule has 1 heterocycles. The summed E-state index contributed by atoms with van der Waals surface area (Å²) in [5.74, 6) is -2.02. The summed E-state index contributed by atoms with van der Waals surface area (Å²) in [7, 11) is 0. The number of hydrogen-bond acceptors (Lipinski definition) is 2. The average Bonchev–Trinajstić information content (AvgIpc) is 2.16. The largest absolute Gasteiger partial charge is 0.398 e. The molecule has 0 bridgehead atoms. The van der Waals surface area contributed by atoms with E-state index in [2.05, 4.69) is 27.5 Å². The fourth-order valence-corrected chi connectivity index (χ4v) is 1.57. The summed E-state index contributed by atoms with van der Waals surface area (Å²) in [5, 5.41) is 9.57. The van der Waals surface area contributed by atoms with Crippen LogP contribution in [0.1, 0.15) is 11.8 Å². The van der Waals surface area contributed by atoms with Crippen molar-refractivity contribution in [3.05, 3.63) is 41.2 Å². The standard InChI is InChI=1S/C10H9BrF3NO/c1-2-6(10(12,13)14)9(16)7-4-3-5-8(11)15-7/h2-6,9,16H,1H2/t6-,9-/m1/s1. The lowest BCUT2D eigenvalue weighted by Crippen LogP contribution is -2.27. The Labute approximate surface area is 98.9 Å². The quantitative estimate of drug-likeness (QED) is 0.686. The van der Waals surface area contributed by atoms with Crippen molar-refractivity contribution in [1.29, 1.82) is 0 Å². The molecule has 0 unspecified atom stereocenters. The van der Waals surface area contributed by atoms with E-state index >= 15 is 0 Å². The van der Waals surface area contributed by atoms with Gasteiger partial charge in [0, 0.05) is 0 Å². The molecule has 1 N–H and O–H groups in total. The van der Waals surface area contributed by atoms with Crippen LogP contribution < -0.4 is 0 Å². The highest BCUT2D eigenvalue weighted by atomic mass is 79.9. The molecular weight excluding hydrogens is 287 g/mol. The molecule has 2 atom stereocenters. The number of aliphatic hydroxyl groups excluding tert-OH is 1. The van der Waals surface area contributed by atoms with Gasteiger partial charge in [-0.25, -0.2) is 4.98 Å². The summed E-state index contributed by atoms with van der Waals surface area (Å²) >= 11 is 3.02. The molecule has 0 aliphatic rings. The molecule has 0 fully saturated rings. The Morgan fingerprint density at radius 2 is 2.06 bits per heavy atom. The van der Waals surface area contributed by atoms with E-state index in [9.17, 15) is 18.3 Å². The van der Waals surface area contributed by atoms with Crippen molar-refractivity contribution in [3.63, 3.8) is 0 Å². The molecular formula is C10H9BrF3NO. The molecule has 6 heteroatoms. The zero-order valence-corrected chi connectivity index (χ0v) is 9.66. The maximum absolute atomic E-state index is 12.5. The molecule has 0 saturated heterocycles. The fourth-order valence-electron chi connectivity index (χ4n) is 1.21. The lowest BCUT2D eigenvalue weighted by molar-refractivity contribution is -0.186. The van der Waals surface area contributed by atoms with Crippen LogP contribution in [0.2, 0.25) is 0 Å². The first-order chi connectivity index (χ1) is 7.36. The Hall–Kier alpha value is -0.880. The summed E-state index contributed by atoms with van der Waals surface area (Å²) in [6.45, 7) is 3.08. The molecule has 0 saturated carbocycles. The highest BCUT2D eigenvalue weighted by molar-refractivity contribution is 9.10. The molecule has 0 aromatic carbocycles. The van der Waals surface area contributed by atoms with Crippen molar-refractivity contribution in [2.24, 2.45) is 5.92 Å². The maximum Gasteiger partial charge on any atom is 0.398 e. The number of nitrogens with zero attached hydrogens (tertiary/aromatic N) is 1. The smallest absolute Gasteiger partial charge is 0.386 e. The molecule has 1 rings (SSSR count). The number of aliphatic hydroxyl groups is 1. The van der Waals surface area contributed by atoms with Crippen LogP contribution in [0.25, 0.3) is 0 Å². The minimum absolute atomic E-state index is 0.0448. The van der Waals surface area contributed by atoms with E-state index in [0.29, 0.717) is 10.7 Å². The van der Waals surface area contributed by atoms with Crippen LogP contribution >= 0.6 is 15.9 Å². The van der Waals surface area contributed by atoms with E-state index < -0.39 is 18.2 Å². The first kappa shape index (κ1) is 13.2. The van der Waals surface area contributed by atoms with Crippen LogP contribution in [0, 0.1) is 5.92 Å². The second-order valence-corrected chi connectivity index (χ2v) is 3.95. The third-order valence-corrected chi connectivity index (χ3v) is 2.45. The van der Waals surface area contributed by atoms with E-state index in [0.717, 1.165) is 0 Å². The lowest BCUT2D eigenvalue weighted by atomic mass is 9.99. The van der Waals surface area contributed by atoms with Crippen LogP contribution in [-0.4, -0.2) is 16.3 Å². The van der Waals surface area contributed by atoms with Crippen molar-refractivity contribution < 1.29 is 18.3 Å². The van der Waals surface area contributed by atoms with Crippen molar-refractivity contribution >= 4 is 15.9 Å². The Morgan fingerprint density at radius 1 is 1.44 bits per heavy atom. The highest BCUT2D eigenvalue weighted by Crippen LogP contribution is 2.36. The van der Waals surface area contributed by atoms with E-state index in [1.807, 2.05) is 0 Å². The summed E-state index contributed by atoms with van der Waals surface area (Å²) in [4.78, 5) is 3.77. The van der Waals surface area contributed by atoms with Crippen LogP contribution in [0.4, 0.5) is 13.2 Å². The minimum Gasteiger partial charge on any atom is -0.386 e. The van der Waals surface area contributed by atoms with Crippen LogP contribution in [-0.2, 0) is 0 Å². The van der Waals surface area contributed by atoms with Gasteiger partial charge in [0.1, 0.15) is 16.6 Å². The second-order valence-electron chi connectivity index (χ2n) is 3.13. The predicted molar refractivity (Wildman–Crippen MR) is 56.6 cm³/mol. The zero-order valence-electron chi connectivity index (χ0n) is 8.08. The fraction of sp³-hybridized carbons (Fsp3) is 0.300. The van der Waals surface area contributed by atoms with Crippen LogP contribution in [0.5, 0.6) is 0 Å². The van der Waals surface area contributed by atoms with Gasteiger partial charge in [0.05, 0.1) is 5.69 Å². The van der Waals surface area contributed by atoms with E-state index in [1.165, 1.54) is 12.1 Å². The molecule has 16 heavy (non-hydrogen) atoms. The Bertz CT molecular complexity index is 381. The number of halogens is 4. The zero-order chi connectivity index (χ0) is 12.3. The molecule has 0 amide bonds. The second kappa shape index (κ2) is 4.97. The number of pyridine rings is 1. The number of hydrogen-bond donors (Lipinski definition) is 1. The summed E-state index contributed by atoms with van der Waals surface area (Å²) in [5.41, 5.74) is -0.0448. The Balaban J connectivity index is 3.00. The number of alkyl halides is 3. The third kappa shape index (κ3) is 3.05. The molecule has 1 aromatic heterocycles. The summed E-state index contributed by atoms with van der Waals surface area (Å²) < 4.78 is 37.8. The molecule has 0 radical (unpaired) electrons. The molecule has 0 spiro atoms. The summed E-state index contributed by atoms with van der Waals surface area (Å²) in [6.07, 6.45) is -5.60. The third-order valence-electron chi connectivity index (χ3n) is 2.01. The number of rotatable bonds is 3. The molecule has 2 nitrogen and oxygen atoms in total. The van der Waals surface area contributed by atoms with E-state index in [4.69, 9.17) is 0 Å². The van der Waals surface area contributed by atoms with Crippen molar-refractivity contribution in [3.8, 4) is 0 Å².